The first kappa shape index (κ1) is 29.0. The fourth-order valence-electron chi connectivity index (χ4n) is 4.35. The highest BCUT2D eigenvalue weighted by atomic mass is 32.2. The third kappa shape index (κ3) is 5.82. The smallest absolute Gasteiger partial charge is 0.349 e. The molecule has 11 nitrogen and oxygen atoms in total. The summed E-state index contributed by atoms with van der Waals surface area (Å²) in [5.74, 6) is -2.45. The lowest BCUT2D eigenvalue weighted by Gasteiger charge is -2.27. The summed E-state index contributed by atoms with van der Waals surface area (Å²) < 4.78 is 50.8. The number of nitrogens with zero attached hydrogens (tertiary/aromatic N) is 1. The summed E-state index contributed by atoms with van der Waals surface area (Å²) in [6.07, 6.45) is -1.35. The third-order valence-electron chi connectivity index (χ3n) is 6.20. The second-order valence-corrected chi connectivity index (χ2v) is 10.4. The SMILES string of the molecule is COc1cc(OC)c(S(=O)(=O)N(CC(=O)O)c2ccc(OC(C(=O)O)c3ccccc3)c3ccccc23)c(OC)c1. The Hall–Kier alpha value is -4.97. The van der Waals surface area contributed by atoms with Crippen molar-refractivity contribution in [3.63, 3.8) is 0 Å². The van der Waals surface area contributed by atoms with Crippen molar-refractivity contribution in [2.45, 2.75) is 11.0 Å². The molecule has 0 spiro atoms. The van der Waals surface area contributed by atoms with Gasteiger partial charge in [-0.3, -0.25) is 9.10 Å². The molecule has 4 aromatic carbocycles. The van der Waals surface area contributed by atoms with Crippen LogP contribution in [0.3, 0.4) is 0 Å². The summed E-state index contributed by atoms with van der Waals surface area (Å²) in [5, 5.41) is 20.3. The molecular formula is C29H27NO10S. The number of carboxylic acid groups (broad SMARTS) is 2. The van der Waals surface area contributed by atoms with E-state index in [4.69, 9.17) is 18.9 Å². The highest BCUT2D eigenvalue weighted by Gasteiger charge is 2.35. The number of ether oxygens (including phenoxy) is 4. The quantitative estimate of drug-likeness (QED) is 0.247. The van der Waals surface area contributed by atoms with E-state index in [2.05, 4.69) is 0 Å². The monoisotopic (exact) mass is 581 g/mol. The van der Waals surface area contributed by atoms with Gasteiger partial charge < -0.3 is 29.2 Å². The van der Waals surface area contributed by atoms with Gasteiger partial charge in [-0.2, -0.15) is 0 Å². The lowest BCUT2D eigenvalue weighted by Crippen LogP contribution is -2.36. The number of benzene rings is 4. The Morgan fingerprint density at radius 3 is 1.90 bits per heavy atom. The van der Waals surface area contributed by atoms with Crippen LogP contribution in [0.1, 0.15) is 11.7 Å². The van der Waals surface area contributed by atoms with Gasteiger partial charge in [0.2, 0.25) is 6.10 Å². The second-order valence-electron chi connectivity index (χ2n) is 8.64. The minimum Gasteiger partial charge on any atom is -0.496 e. The van der Waals surface area contributed by atoms with Crippen molar-refractivity contribution in [3.8, 4) is 23.0 Å². The average Bonchev–Trinajstić information content (AvgIpc) is 2.97. The Bertz CT molecular complexity index is 1660. The fraction of sp³-hybridized carbons (Fsp3) is 0.172. The molecule has 0 saturated carbocycles. The summed E-state index contributed by atoms with van der Waals surface area (Å²) in [6, 6.07) is 20.3. The molecule has 4 aromatic rings. The number of fused-ring (bicyclic) bond motifs is 1. The minimum absolute atomic E-state index is 0.0156. The maximum absolute atomic E-state index is 14.2. The van der Waals surface area contributed by atoms with E-state index in [1.807, 2.05) is 0 Å². The number of rotatable bonds is 12. The molecular weight excluding hydrogens is 554 g/mol. The number of hydrogen-bond acceptors (Lipinski definition) is 8. The molecule has 0 heterocycles. The molecule has 1 unspecified atom stereocenters. The number of carbonyl (C=O) groups is 2. The number of carboxylic acids is 2. The van der Waals surface area contributed by atoms with Crippen LogP contribution in [0.15, 0.2) is 83.8 Å². The Morgan fingerprint density at radius 2 is 1.37 bits per heavy atom. The number of aliphatic carboxylic acids is 2. The molecule has 1 atom stereocenters. The Balaban J connectivity index is 1.91. The summed E-state index contributed by atoms with van der Waals surface area (Å²) in [6.45, 7) is -0.938. The van der Waals surface area contributed by atoms with Crippen LogP contribution in [-0.4, -0.2) is 58.4 Å². The molecule has 41 heavy (non-hydrogen) atoms. The summed E-state index contributed by atoms with van der Waals surface area (Å²) >= 11 is 0. The van der Waals surface area contributed by atoms with Gasteiger partial charge in [0.1, 0.15) is 29.5 Å². The number of hydrogen-bond donors (Lipinski definition) is 2. The third-order valence-corrected chi connectivity index (χ3v) is 8.02. The minimum atomic E-state index is -4.63. The fourth-order valence-corrected chi connectivity index (χ4v) is 6.06. The van der Waals surface area contributed by atoms with E-state index in [1.54, 1.807) is 54.6 Å². The zero-order valence-electron chi connectivity index (χ0n) is 22.3. The Morgan fingerprint density at radius 1 is 0.780 bits per heavy atom. The van der Waals surface area contributed by atoms with Gasteiger partial charge in [0.05, 0.1) is 27.0 Å². The zero-order valence-corrected chi connectivity index (χ0v) is 23.1. The van der Waals surface area contributed by atoms with Crippen LogP contribution in [0.4, 0.5) is 5.69 Å². The molecule has 0 amide bonds. The summed E-state index contributed by atoms with van der Waals surface area (Å²) in [5.41, 5.74) is 0.420. The van der Waals surface area contributed by atoms with Crippen molar-refractivity contribution < 1.29 is 47.2 Å². The van der Waals surface area contributed by atoms with E-state index in [1.165, 1.54) is 45.6 Å². The first-order valence-electron chi connectivity index (χ1n) is 12.1. The maximum Gasteiger partial charge on any atom is 0.349 e. The van der Waals surface area contributed by atoms with Gasteiger partial charge in [-0.15, -0.1) is 0 Å². The van der Waals surface area contributed by atoms with E-state index in [0.29, 0.717) is 16.3 Å². The first-order valence-corrected chi connectivity index (χ1v) is 13.6. The van der Waals surface area contributed by atoms with Crippen LogP contribution >= 0.6 is 0 Å². The van der Waals surface area contributed by atoms with E-state index < -0.39 is 39.5 Å². The van der Waals surface area contributed by atoms with Gasteiger partial charge in [0.15, 0.2) is 4.90 Å². The summed E-state index contributed by atoms with van der Waals surface area (Å²) in [7, 11) is -0.709. The summed E-state index contributed by atoms with van der Waals surface area (Å²) in [4.78, 5) is 23.7. The van der Waals surface area contributed by atoms with Crippen LogP contribution < -0.4 is 23.3 Å². The lowest BCUT2D eigenvalue weighted by atomic mass is 10.1. The van der Waals surface area contributed by atoms with E-state index in [0.717, 1.165) is 4.31 Å². The van der Waals surface area contributed by atoms with Crippen LogP contribution in [-0.2, 0) is 19.6 Å². The lowest BCUT2D eigenvalue weighted by molar-refractivity contribution is -0.145. The predicted molar refractivity (Wildman–Crippen MR) is 150 cm³/mol. The van der Waals surface area contributed by atoms with Gasteiger partial charge in [-0.1, -0.05) is 54.6 Å². The molecule has 4 rings (SSSR count). The average molecular weight is 582 g/mol. The highest BCUT2D eigenvalue weighted by Crippen LogP contribution is 2.43. The highest BCUT2D eigenvalue weighted by molar-refractivity contribution is 7.93. The zero-order chi connectivity index (χ0) is 29.7. The molecule has 0 saturated heterocycles. The Kier molecular flexibility index (Phi) is 8.53. The molecule has 0 aliphatic heterocycles. The standard InChI is InChI=1S/C29H27NO10S/c1-37-19-15-24(38-2)28(25(16-19)39-3)41(35,36)30(17-26(31)32)22-13-14-23(21-12-8-7-11-20(21)22)40-27(29(33)34)18-9-5-4-6-10-18/h4-16,27H,17H2,1-3H3,(H,31,32)(H,33,34). The van der Waals surface area contributed by atoms with Crippen molar-refractivity contribution in [2.24, 2.45) is 0 Å². The first-order chi connectivity index (χ1) is 19.6. The predicted octanol–water partition coefficient (Wildman–Crippen LogP) is 4.35. The Labute approximate surface area is 236 Å². The van der Waals surface area contributed by atoms with Gasteiger partial charge >= 0.3 is 11.9 Å². The van der Waals surface area contributed by atoms with Crippen LogP contribution in [0.2, 0.25) is 0 Å². The van der Waals surface area contributed by atoms with Crippen molar-refractivity contribution in [1.82, 2.24) is 0 Å². The molecule has 0 fully saturated rings. The molecule has 12 heteroatoms. The van der Waals surface area contributed by atoms with Crippen LogP contribution in [0.5, 0.6) is 23.0 Å². The number of methoxy groups -OCH3 is 3. The van der Waals surface area contributed by atoms with Crippen molar-refractivity contribution >= 4 is 38.4 Å². The molecule has 0 radical (unpaired) electrons. The van der Waals surface area contributed by atoms with E-state index >= 15 is 0 Å². The van der Waals surface area contributed by atoms with E-state index in [-0.39, 0.29) is 28.7 Å². The molecule has 214 valence electrons. The maximum atomic E-state index is 14.2. The van der Waals surface area contributed by atoms with Crippen LogP contribution in [0, 0.1) is 0 Å². The van der Waals surface area contributed by atoms with E-state index in [9.17, 15) is 28.2 Å². The molecule has 0 aliphatic rings. The topological polar surface area (TPSA) is 149 Å². The number of anilines is 1. The van der Waals surface area contributed by atoms with Gasteiger partial charge in [-0.25, -0.2) is 13.2 Å². The van der Waals surface area contributed by atoms with Crippen LogP contribution in [0.25, 0.3) is 10.8 Å². The largest absolute Gasteiger partial charge is 0.496 e. The second kappa shape index (κ2) is 12.0. The normalized spacial score (nSPS) is 11.9. The van der Waals surface area contributed by atoms with Crippen molar-refractivity contribution in [2.75, 3.05) is 32.2 Å². The van der Waals surface area contributed by atoms with Gasteiger partial charge in [-0.05, 0) is 12.1 Å². The molecule has 0 aliphatic carbocycles. The van der Waals surface area contributed by atoms with Gasteiger partial charge in [0.25, 0.3) is 10.0 Å². The number of sulfonamides is 1. The van der Waals surface area contributed by atoms with Crippen molar-refractivity contribution in [3.05, 3.63) is 84.4 Å². The van der Waals surface area contributed by atoms with Crippen molar-refractivity contribution in [1.29, 1.82) is 0 Å². The molecule has 0 aromatic heterocycles. The molecule has 2 N–H and O–H groups in total. The van der Waals surface area contributed by atoms with Gasteiger partial charge in [0, 0.05) is 28.5 Å². The molecule has 0 bridgehead atoms.